The van der Waals surface area contributed by atoms with E-state index in [0.29, 0.717) is 53.9 Å². The minimum Gasteiger partial charge on any atom is -0.490 e. The molecular weight excluding hydrogens is 499 g/mol. The van der Waals surface area contributed by atoms with Gasteiger partial charge in [0.05, 0.1) is 12.2 Å². The molecule has 204 valence electrons. The molecule has 0 atom stereocenters. The minimum absolute atomic E-state index is 0.0385. The van der Waals surface area contributed by atoms with Crippen LogP contribution >= 0.6 is 0 Å². The Kier molecular flexibility index (Phi) is 6.73. The van der Waals surface area contributed by atoms with Crippen molar-refractivity contribution in [2.45, 2.75) is 66.2 Å². The van der Waals surface area contributed by atoms with E-state index in [1.54, 1.807) is 31.2 Å². The van der Waals surface area contributed by atoms with Crippen molar-refractivity contribution in [3.8, 4) is 11.5 Å². The van der Waals surface area contributed by atoms with Gasteiger partial charge < -0.3 is 14.2 Å². The first-order valence-corrected chi connectivity index (χ1v) is 13.3. The Morgan fingerprint density at radius 2 is 1.49 bits per heavy atom. The minimum atomic E-state index is -0.850. The third-order valence-electron chi connectivity index (χ3n) is 7.48. The number of ether oxygens (including phenoxy) is 3. The number of rotatable bonds is 5. The molecule has 2 aliphatic carbocycles. The van der Waals surface area contributed by atoms with Gasteiger partial charge in [-0.25, -0.2) is 9.18 Å². The van der Waals surface area contributed by atoms with E-state index in [9.17, 15) is 18.8 Å². The smallest absolute Gasteiger partial charge is 0.346 e. The molecule has 39 heavy (non-hydrogen) atoms. The molecule has 7 heteroatoms. The first kappa shape index (κ1) is 26.9. The van der Waals surface area contributed by atoms with Crippen LogP contribution in [0.5, 0.6) is 11.5 Å². The lowest BCUT2D eigenvalue weighted by molar-refractivity contribution is -0.120. The van der Waals surface area contributed by atoms with Crippen molar-refractivity contribution in [2.75, 3.05) is 6.61 Å². The number of Topliss-reactive ketones (excluding diaryl/α,β-unsaturated/α-hetero) is 2. The lowest BCUT2D eigenvalue weighted by Crippen LogP contribution is -2.37. The summed E-state index contributed by atoms with van der Waals surface area (Å²) in [6, 6.07) is 10.6. The molecule has 1 heterocycles. The summed E-state index contributed by atoms with van der Waals surface area (Å²) in [6.07, 6.45) is 1.88. The number of halogens is 1. The predicted octanol–water partition coefficient (Wildman–Crippen LogP) is 6.84. The molecule has 0 saturated carbocycles. The lowest BCUT2D eigenvalue weighted by atomic mass is 9.65. The van der Waals surface area contributed by atoms with Crippen LogP contribution in [0.1, 0.15) is 82.1 Å². The Morgan fingerprint density at radius 1 is 0.897 bits per heavy atom. The van der Waals surface area contributed by atoms with Crippen LogP contribution in [0.15, 0.2) is 65.1 Å². The topological polar surface area (TPSA) is 78.9 Å². The molecule has 5 rings (SSSR count). The van der Waals surface area contributed by atoms with E-state index in [4.69, 9.17) is 14.2 Å². The Balaban J connectivity index is 1.60. The van der Waals surface area contributed by atoms with Gasteiger partial charge in [-0.05, 0) is 47.6 Å². The third kappa shape index (κ3) is 5.14. The highest BCUT2D eigenvalue weighted by Gasteiger charge is 2.48. The molecule has 0 bridgehead atoms. The van der Waals surface area contributed by atoms with E-state index in [1.807, 2.05) is 27.7 Å². The number of hydrogen-bond donors (Lipinski definition) is 0. The summed E-state index contributed by atoms with van der Waals surface area (Å²) < 4.78 is 31.9. The fraction of sp³-hybridized carbons (Fsp3) is 0.406. The normalized spacial score (nSPS) is 20.3. The zero-order chi connectivity index (χ0) is 28.1. The molecule has 3 aliphatic rings. The molecule has 0 amide bonds. The van der Waals surface area contributed by atoms with E-state index >= 15 is 0 Å². The van der Waals surface area contributed by atoms with Crippen LogP contribution in [0.3, 0.4) is 0 Å². The summed E-state index contributed by atoms with van der Waals surface area (Å²) >= 11 is 0. The van der Waals surface area contributed by atoms with Crippen molar-refractivity contribution in [1.82, 2.24) is 0 Å². The highest BCUT2D eigenvalue weighted by atomic mass is 19.1. The number of benzene rings is 2. The molecule has 0 saturated heterocycles. The van der Waals surface area contributed by atoms with Crippen LogP contribution in [0.25, 0.3) is 0 Å². The van der Waals surface area contributed by atoms with Crippen LogP contribution in [0.4, 0.5) is 4.39 Å². The molecule has 0 fully saturated rings. The van der Waals surface area contributed by atoms with E-state index in [1.165, 1.54) is 18.2 Å². The van der Waals surface area contributed by atoms with E-state index < -0.39 is 17.7 Å². The molecule has 0 radical (unpaired) electrons. The number of allylic oxidation sites excluding steroid dienone is 4. The second-order valence-corrected chi connectivity index (χ2v) is 12.1. The summed E-state index contributed by atoms with van der Waals surface area (Å²) in [7, 11) is 0. The Bertz CT molecular complexity index is 1390. The third-order valence-corrected chi connectivity index (χ3v) is 7.48. The number of carbonyl (C=O) groups is 3. The van der Waals surface area contributed by atoms with Gasteiger partial charge in [-0.1, -0.05) is 45.9 Å². The highest BCUT2D eigenvalue weighted by Crippen LogP contribution is 2.53. The summed E-state index contributed by atoms with van der Waals surface area (Å²) in [6.45, 7) is 10.2. The maximum atomic E-state index is 14.2. The SMILES string of the molecule is CCOc1cc(C2C3=C(CC(C)(C)CC3=O)OC3=C2C(=O)CC(C)(C)C3)ccc1OC(=O)c1ccccc1F. The van der Waals surface area contributed by atoms with Crippen LogP contribution in [-0.4, -0.2) is 24.1 Å². The fourth-order valence-electron chi connectivity index (χ4n) is 5.85. The average molecular weight is 533 g/mol. The molecule has 2 aromatic rings. The number of ketones is 2. The van der Waals surface area contributed by atoms with Gasteiger partial charge in [0.25, 0.3) is 0 Å². The molecule has 6 nitrogen and oxygen atoms in total. The van der Waals surface area contributed by atoms with Gasteiger partial charge in [-0.15, -0.1) is 0 Å². The standard InChI is InChI=1S/C32H33FO6/c1-6-37-24-13-18(11-12-23(24)39-30(36)19-9-7-8-10-20(19)33)27-28-21(34)14-31(2,3)16-25(28)38-26-17-32(4,5)15-22(35)29(26)27/h7-13,27H,6,14-17H2,1-5H3. The van der Waals surface area contributed by atoms with Gasteiger partial charge in [0, 0.05) is 42.7 Å². The predicted molar refractivity (Wildman–Crippen MR) is 143 cm³/mol. The number of esters is 1. The van der Waals surface area contributed by atoms with Crippen LogP contribution in [-0.2, 0) is 14.3 Å². The first-order valence-electron chi connectivity index (χ1n) is 13.3. The quantitative estimate of drug-likeness (QED) is 0.310. The number of hydrogen-bond acceptors (Lipinski definition) is 6. The Labute approximate surface area is 227 Å². The van der Waals surface area contributed by atoms with Crippen LogP contribution < -0.4 is 9.47 Å². The summed E-state index contributed by atoms with van der Waals surface area (Å²) in [5.74, 6) is -0.581. The first-order chi connectivity index (χ1) is 18.4. The van der Waals surface area contributed by atoms with Crippen molar-refractivity contribution in [2.24, 2.45) is 10.8 Å². The van der Waals surface area contributed by atoms with E-state index in [2.05, 4.69) is 0 Å². The maximum absolute atomic E-state index is 14.2. The Morgan fingerprint density at radius 3 is 2.05 bits per heavy atom. The summed E-state index contributed by atoms with van der Waals surface area (Å²) in [5, 5.41) is 0. The molecule has 0 spiro atoms. The fourth-order valence-corrected chi connectivity index (χ4v) is 5.85. The zero-order valence-electron chi connectivity index (χ0n) is 23.0. The van der Waals surface area contributed by atoms with Gasteiger partial charge in [0.2, 0.25) is 0 Å². The molecule has 0 unspecified atom stereocenters. The van der Waals surface area contributed by atoms with Crippen molar-refractivity contribution in [3.05, 3.63) is 82.1 Å². The second kappa shape index (κ2) is 9.78. The van der Waals surface area contributed by atoms with E-state index in [-0.39, 0.29) is 46.1 Å². The van der Waals surface area contributed by atoms with Gasteiger partial charge in [-0.2, -0.15) is 0 Å². The molecule has 0 N–H and O–H groups in total. The van der Waals surface area contributed by atoms with Gasteiger partial charge in [0.15, 0.2) is 23.1 Å². The van der Waals surface area contributed by atoms with Gasteiger partial charge in [0.1, 0.15) is 17.3 Å². The molecule has 1 aliphatic heterocycles. The van der Waals surface area contributed by atoms with Gasteiger partial charge in [-0.3, -0.25) is 9.59 Å². The largest absolute Gasteiger partial charge is 0.490 e. The molecule has 0 aromatic heterocycles. The zero-order valence-corrected chi connectivity index (χ0v) is 23.0. The lowest BCUT2D eigenvalue weighted by Gasteiger charge is -2.42. The average Bonchev–Trinajstić information content (AvgIpc) is 2.82. The van der Waals surface area contributed by atoms with Crippen molar-refractivity contribution < 1.29 is 33.0 Å². The molecular formula is C32H33FO6. The summed E-state index contributed by atoms with van der Waals surface area (Å²) in [4.78, 5) is 39.8. The highest BCUT2D eigenvalue weighted by molar-refractivity contribution is 6.06. The van der Waals surface area contributed by atoms with Crippen LogP contribution in [0, 0.1) is 16.6 Å². The van der Waals surface area contributed by atoms with Crippen molar-refractivity contribution in [3.63, 3.8) is 0 Å². The van der Waals surface area contributed by atoms with Gasteiger partial charge >= 0.3 is 5.97 Å². The maximum Gasteiger partial charge on any atom is 0.346 e. The van der Waals surface area contributed by atoms with Crippen molar-refractivity contribution >= 4 is 17.5 Å². The van der Waals surface area contributed by atoms with Crippen molar-refractivity contribution in [1.29, 1.82) is 0 Å². The van der Waals surface area contributed by atoms with Crippen LogP contribution in [0.2, 0.25) is 0 Å². The van der Waals surface area contributed by atoms with E-state index in [0.717, 1.165) is 0 Å². The molecule has 2 aromatic carbocycles. The summed E-state index contributed by atoms with van der Waals surface area (Å²) in [5.41, 5.74) is 0.999. The Hall–Kier alpha value is -3.74. The number of carbonyl (C=O) groups excluding carboxylic acids is 3. The monoisotopic (exact) mass is 532 g/mol. The second-order valence-electron chi connectivity index (χ2n) is 12.1.